The first-order chi connectivity index (χ1) is 8.08. The van der Waals surface area contributed by atoms with E-state index >= 15 is 0 Å². The molecule has 1 fully saturated rings. The number of ether oxygens (including phenoxy) is 1. The van der Waals surface area contributed by atoms with Crippen LogP contribution in [0.15, 0.2) is 22.8 Å². The average Bonchev–Trinajstić information content (AvgIpc) is 2.29. The van der Waals surface area contributed by atoms with Gasteiger partial charge in [0, 0.05) is 13.1 Å². The Hall–Kier alpha value is -0.700. The Balaban J connectivity index is 2.11. The number of aromatic nitrogens is 1. The molecular weight excluding hydrogens is 310 g/mol. The van der Waals surface area contributed by atoms with E-state index in [-0.39, 0.29) is 0 Å². The molecule has 0 saturated carbocycles. The van der Waals surface area contributed by atoms with E-state index in [2.05, 4.69) is 25.6 Å². The van der Waals surface area contributed by atoms with Crippen molar-refractivity contribution in [2.75, 3.05) is 31.0 Å². The number of nitrogens with one attached hydrogen (secondary N) is 1. The van der Waals surface area contributed by atoms with Gasteiger partial charge in [-0.2, -0.15) is 12.7 Å². The molecular formula is C9H12BrN3O3S. The molecule has 0 atom stereocenters. The number of anilines is 1. The highest BCUT2D eigenvalue weighted by Gasteiger charge is 2.24. The molecule has 0 aromatic carbocycles. The second-order valence-electron chi connectivity index (χ2n) is 3.46. The quantitative estimate of drug-likeness (QED) is 0.837. The van der Waals surface area contributed by atoms with E-state index in [1.807, 2.05) is 0 Å². The summed E-state index contributed by atoms with van der Waals surface area (Å²) < 4.78 is 33.4. The first-order valence-corrected chi connectivity index (χ1v) is 7.29. The molecule has 94 valence electrons. The standard InChI is InChI=1S/C9H12BrN3O3S/c10-8-2-1-3-9(11-8)12-17(14,15)13-4-6-16-7-5-13/h1-3H,4-7H2,(H,11,12). The molecule has 0 bridgehead atoms. The molecule has 0 unspecified atom stereocenters. The highest BCUT2D eigenvalue weighted by Crippen LogP contribution is 2.13. The summed E-state index contributed by atoms with van der Waals surface area (Å²) in [6.07, 6.45) is 0. The molecule has 0 radical (unpaired) electrons. The normalized spacial score (nSPS) is 17.9. The van der Waals surface area contributed by atoms with Crippen molar-refractivity contribution in [2.45, 2.75) is 0 Å². The number of hydrogen-bond acceptors (Lipinski definition) is 4. The van der Waals surface area contributed by atoms with Gasteiger partial charge in [-0.05, 0) is 28.1 Å². The van der Waals surface area contributed by atoms with Crippen LogP contribution in [0.2, 0.25) is 0 Å². The number of morpholine rings is 1. The summed E-state index contributed by atoms with van der Waals surface area (Å²) in [6.45, 7) is 1.58. The number of pyridine rings is 1. The first kappa shape index (κ1) is 12.7. The Morgan fingerprint density at radius 2 is 2.06 bits per heavy atom. The van der Waals surface area contributed by atoms with E-state index in [9.17, 15) is 8.42 Å². The van der Waals surface area contributed by atoms with Gasteiger partial charge in [-0.25, -0.2) is 4.98 Å². The van der Waals surface area contributed by atoms with E-state index < -0.39 is 10.2 Å². The molecule has 0 amide bonds. The van der Waals surface area contributed by atoms with Gasteiger partial charge in [-0.15, -0.1) is 0 Å². The lowest BCUT2D eigenvalue weighted by Crippen LogP contribution is -2.43. The molecule has 2 rings (SSSR count). The summed E-state index contributed by atoms with van der Waals surface area (Å²) >= 11 is 3.19. The van der Waals surface area contributed by atoms with Gasteiger partial charge < -0.3 is 4.74 Å². The second-order valence-corrected chi connectivity index (χ2v) is 5.95. The van der Waals surface area contributed by atoms with Crippen molar-refractivity contribution < 1.29 is 13.2 Å². The summed E-state index contributed by atoms with van der Waals surface area (Å²) in [5.41, 5.74) is 0. The summed E-state index contributed by atoms with van der Waals surface area (Å²) in [5.74, 6) is 0.297. The van der Waals surface area contributed by atoms with Gasteiger partial charge in [-0.3, -0.25) is 4.72 Å². The summed E-state index contributed by atoms with van der Waals surface area (Å²) in [7, 11) is -3.53. The number of hydrogen-bond donors (Lipinski definition) is 1. The summed E-state index contributed by atoms with van der Waals surface area (Å²) in [5, 5.41) is 0. The van der Waals surface area contributed by atoms with Crippen LogP contribution in [0, 0.1) is 0 Å². The van der Waals surface area contributed by atoms with E-state index in [0.29, 0.717) is 36.7 Å². The molecule has 1 aromatic heterocycles. The second kappa shape index (κ2) is 5.30. The molecule has 8 heteroatoms. The van der Waals surface area contributed by atoms with Gasteiger partial charge in [0.15, 0.2) is 0 Å². The van der Waals surface area contributed by atoms with Crippen LogP contribution in [0.25, 0.3) is 0 Å². The van der Waals surface area contributed by atoms with Crippen molar-refractivity contribution in [1.82, 2.24) is 9.29 Å². The molecule has 1 aliphatic rings. The van der Waals surface area contributed by atoms with E-state index in [1.165, 1.54) is 4.31 Å². The molecule has 0 spiro atoms. The maximum Gasteiger partial charge on any atom is 0.302 e. The highest BCUT2D eigenvalue weighted by molar-refractivity contribution is 9.10. The zero-order chi connectivity index (χ0) is 12.3. The van der Waals surface area contributed by atoms with Crippen LogP contribution in [0.4, 0.5) is 5.82 Å². The predicted molar refractivity (Wildman–Crippen MR) is 66.9 cm³/mol. The van der Waals surface area contributed by atoms with Gasteiger partial charge in [0.25, 0.3) is 0 Å². The smallest absolute Gasteiger partial charge is 0.302 e. The van der Waals surface area contributed by atoms with Crippen LogP contribution in [0.5, 0.6) is 0 Å². The van der Waals surface area contributed by atoms with Gasteiger partial charge in [0.2, 0.25) is 0 Å². The SMILES string of the molecule is O=S(=O)(Nc1cccc(Br)n1)N1CCOCC1. The van der Waals surface area contributed by atoms with Crippen molar-refractivity contribution in [3.05, 3.63) is 22.8 Å². The van der Waals surface area contributed by atoms with Crippen LogP contribution in [-0.4, -0.2) is 44.0 Å². The fourth-order valence-corrected chi connectivity index (χ4v) is 2.93. The third-order valence-electron chi connectivity index (χ3n) is 2.26. The lowest BCUT2D eigenvalue weighted by atomic mass is 10.5. The molecule has 0 aliphatic carbocycles. The summed E-state index contributed by atoms with van der Waals surface area (Å²) in [4.78, 5) is 4.02. The van der Waals surface area contributed by atoms with Crippen molar-refractivity contribution >= 4 is 32.0 Å². The van der Waals surface area contributed by atoms with Crippen LogP contribution in [0.1, 0.15) is 0 Å². The van der Waals surface area contributed by atoms with Gasteiger partial charge in [0.05, 0.1) is 13.2 Å². The number of halogens is 1. The van der Waals surface area contributed by atoms with Gasteiger partial charge >= 0.3 is 10.2 Å². The average molecular weight is 322 g/mol. The van der Waals surface area contributed by atoms with Crippen molar-refractivity contribution in [3.63, 3.8) is 0 Å². The zero-order valence-electron chi connectivity index (χ0n) is 8.97. The molecule has 1 saturated heterocycles. The minimum atomic E-state index is -3.53. The van der Waals surface area contributed by atoms with E-state index in [4.69, 9.17) is 4.74 Å². The van der Waals surface area contributed by atoms with Crippen LogP contribution in [0.3, 0.4) is 0 Å². The Kier molecular flexibility index (Phi) is 3.97. The van der Waals surface area contributed by atoms with Gasteiger partial charge in [-0.1, -0.05) is 6.07 Å². The van der Waals surface area contributed by atoms with Crippen LogP contribution >= 0.6 is 15.9 Å². The Bertz CT molecular complexity index is 488. The Labute approximate surface area is 108 Å². The minimum Gasteiger partial charge on any atom is -0.379 e. The van der Waals surface area contributed by atoms with Crippen LogP contribution < -0.4 is 4.72 Å². The Morgan fingerprint density at radius 3 is 2.71 bits per heavy atom. The number of nitrogens with zero attached hydrogens (tertiary/aromatic N) is 2. The molecule has 1 N–H and O–H groups in total. The predicted octanol–water partition coefficient (Wildman–Crippen LogP) is 0.833. The number of rotatable bonds is 3. The third-order valence-corrected chi connectivity index (χ3v) is 4.21. The monoisotopic (exact) mass is 321 g/mol. The topological polar surface area (TPSA) is 71.5 Å². The van der Waals surface area contributed by atoms with Gasteiger partial charge in [0.1, 0.15) is 10.4 Å². The molecule has 6 nitrogen and oxygen atoms in total. The largest absolute Gasteiger partial charge is 0.379 e. The molecule has 1 aliphatic heterocycles. The third kappa shape index (κ3) is 3.38. The van der Waals surface area contributed by atoms with Crippen molar-refractivity contribution in [1.29, 1.82) is 0 Å². The first-order valence-electron chi connectivity index (χ1n) is 5.06. The van der Waals surface area contributed by atoms with E-state index in [1.54, 1.807) is 18.2 Å². The fraction of sp³-hybridized carbons (Fsp3) is 0.444. The summed E-state index contributed by atoms with van der Waals surface area (Å²) in [6, 6.07) is 5.05. The van der Waals surface area contributed by atoms with Crippen molar-refractivity contribution in [2.24, 2.45) is 0 Å². The minimum absolute atomic E-state index is 0.297. The molecule has 17 heavy (non-hydrogen) atoms. The van der Waals surface area contributed by atoms with Crippen LogP contribution in [-0.2, 0) is 14.9 Å². The lowest BCUT2D eigenvalue weighted by Gasteiger charge is -2.26. The van der Waals surface area contributed by atoms with Crippen molar-refractivity contribution in [3.8, 4) is 0 Å². The lowest BCUT2D eigenvalue weighted by molar-refractivity contribution is 0.0733. The highest BCUT2D eigenvalue weighted by atomic mass is 79.9. The zero-order valence-corrected chi connectivity index (χ0v) is 11.4. The Morgan fingerprint density at radius 1 is 1.35 bits per heavy atom. The fourth-order valence-electron chi connectivity index (χ4n) is 1.45. The molecule has 1 aromatic rings. The maximum absolute atomic E-state index is 12.0. The molecule has 2 heterocycles. The maximum atomic E-state index is 12.0. The van der Waals surface area contributed by atoms with E-state index in [0.717, 1.165) is 0 Å².